The van der Waals surface area contributed by atoms with Crippen LogP contribution in [0.15, 0.2) is 54.9 Å². The number of anilines is 2. The highest BCUT2D eigenvalue weighted by molar-refractivity contribution is 6.30. The number of fused-ring (bicyclic) bond motifs is 1. The zero-order chi connectivity index (χ0) is 18.1. The molecule has 0 aliphatic carbocycles. The SMILES string of the molecule is O=[N+]([O-])c1cc(N2CCOc3cnc(-c4cccc(Cl)c4)cc32)ccn1. The molecule has 0 N–H and O–H groups in total. The summed E-state index contributed by atoms with van der Waals surface area (Å²) in [5.41, 5.74) is 3.10. The fraction of sp³-hybridized carbons (Fsp3) is 0.111. The Morgan fingerprint density at radius 1 is 1.19 bits per heavy atom. The summed E-state index contributed by atoms with van der Waals surface area (Å²) in [6, 6.07) is 12.5. The first-order valence-electron chi connectivity index (χ1n) is 7.88. The summed E-state index contributed by atoms with van der Waals surface area (Å²) >= 11 is 6.08. The standard InChI is InChI=1S/C18H13ClN4O3/c19-13-3-1-2-12(8-13)15-10-16-17(11-21-15)26-7-6-22(16)14-4-5-20-18(9-14)23(24)25/h1-5,8-11H,6-7H2. The van der Waals surface area contributed by atoms with Gasteiger partial charge in [-0.05, 0) is 28.1 Å². The number of halogens is 1. The van der Waals surface area contributed by atoms with Gasteiger partial charge in [0, 0.05) is 16.7 Å². The third kappa shape index (κ3) is 3.04. The summed E-state index contributed by atoms with van der Waals surface area (Å²) in [6.45, 7) is 1.02. The summed E-state index contributed by atoms with van der Waals surface area (Å²) in [7, 11) is 0. The van der Waals surface area contributed by atoms with Gasteiger partial charge in [0.25, 0.3) is 0 Å². The molecule has 0 spiro atoms. The molecular weight excluding hydrogens is 356 g/mol. The number of hydrogen-bond donors (Lipinski definition) is 0. The second-order valence-electron chi connectivity index (χ2n) is 5.68. The van der Waals surface area contributed by atoms with Gasteiger partial charge in [-0.25, -0.2) is 0 Å². The van der Waals surface area contributed by atoms with E-state index in [0.29, 0.717) is 29.6 Å². The van der Waals surface area contributed by atoms with Crippen molar-refractivity contribution in [2.24, 2.45) is 0 Å². The van der Waals surface area contributed by atoms with Crippen molar-refractivity contribution in [1.29, 1.82) is 0 Å². The van der Waals surface area contributed by atoms with Crippen LogP contribution in [0.4, 0.5) is 17.2 Å². The zero-order valence-corrected chi connectivity index (χ0v) is 14.3. The van der Waals surface area contributed by atoms with Crippen LogP contribution in [0, 0.1) is 10.1 Å². The van der Waals surface area contributed by atoms with E-state index in [4.69, 9.17) is 16.3 Å². The number of ether oxygens (including phenoxy) is 1. The van der Waals surface area contributed by atoms with Crippen LogP contribution < -0.4 is 9.64 Å². The lowest BCUT2D eigenvalue weighted by Gasteiger charge is -2.31. The van der Waals surface area contributed by atoms with Crippen molar-refractivity contribution >= 4 is 28.8 Å². The summed E-state index contributed by atoms with van der Waals surface area (Å²) < 4.78 is 5.69. The van der Waals surface area contributed by atoms with Gasteiger partial charge >= 0.3 is 5.82 Å². The highest BCUT2D eigenvalue weighted by atomic mass is 35.5. The van der Waals surface area contributed by atoms with Crippen LogP contribution in [-0.2, 0) is 0 Å². The third-order valence-corrected chi connectivity index (χ3v) is 4.29. The van der Waals surface area contributed by atoms with Gasteiger partial charge in [0.15, 0.2) is 5.75 Å². The number of nitrogens with zero attached hydrogens (tertiary/aromatic N) is 4. The van der Waals surface area contributed by atoms with Crippen molar-refractivity contribution in [2.45, 2.75) is 0 Å². The van der Waals surface area contributed by atoms with Crippen LogP contribution >= 0.6 is 11.6 Å². The summed E-state index contributed by atoms with van der Waals surface area (Å²) in [4.78, 5) is 20.7. The monoisotopic (exact) mass is 368 g/mol. The van der Waals surface area contributed by atoms with Gasteiger partial charge in [-0.15, -0.1) is 0 Å². The van der Waals surface area contributed by atoms with E-state index in [-0.39, 0.29) is 5.82 Å². The maximum Gasteiger partial charge on any atom is 0.365 e. The van der Waals surface area contributed by atoms with E-state index in [2.05, 4.69) is 9.97 Å². The molecule has 0 saturated carbocycles. The van der Waals surface area contributed by atoms with Crippen molar-refractivity contribution in [1.82, 2.24) is 9.97 Å². The van der Waals surface area contributed by atoms with E-state index < -0.39 is 4.92 Å². The quantitative estimate of drug-likeness (QED) is 0.508. The molecule has 0 bridgehead atoms. The van der Waals surface area contributed by atoms with E-state index in [1.54, 1.807) is 18.3 Å². The van der Waals surface area contributed by atoms with E-state index in [1.807, 2.05) is 29.2 Å². The molecule has 0 unspecified atom stereocenters. The number of pyridine rings is 2. The predicted molar refractivity (Wildman–Crippen MR) is 98.1 cm³/mol. The average molecular weight is 369 g/mol. The summed E-state index contributed by atoms with van der Waals surface area (Å²) in [5.74, 6) is 0.432. The second-order valence-corrected chi connectivity index (χ2v) is 6.11. The van der Waals surface area contributed by atoms with E-state index in [1.165, 1.54) is 12.3 Å². The number of rotatable bonds is 3. The number of aromatic nitrogens is 2. The second kappa shape index (κ2) is 6.61. The van der Waals surface area contributed by atoms with E-state index >= 15 is 0 Å². The predicted octanol–water partition coefficient (Wildman–Crippen LogP) is 4.24. The smallest absolute Gasteiger partial charge is 0.365 e. The van der Waals surface area contributed by atoms with Crippen molar-refractivity contribution < 1.29 is 9.66 Å². The Balaban J connectivity index is 1.79. The number of benzene rings is 1. The molecule has 3 aromatic rings. The Morgan fingerprint density at radius 2 is 2.08 bits per heavy atom. The first-order valence-corrected chi connectivity index (χ1v) is 8.26. The normalized spacial score (nSPS) is 13.0. The first-order chi connectivity index (χ1) is 12.6. The molecule has 0 radical (unpaired) electrons. The molecule has 0 saturated heterocycles. The Bertz CT molecular complexity index is 996. The molecule has 8 heteroatoms. The Morgan fingerprint density at radius 3 is 2.88 bits per heavy atom. The number of hydrogen-bond acceptors (Lipinski definition) is 6. The molecule has 3 heterocycles. The molecule has 0 atom stereocenters. The van der Waals surface area contributed by atoms with Crippen LogP contribution in [0.25, 0.3) is 11.3 Å². The third-order valence-electron chi connectivity index (χ3n) is 4.06. The van der Waals surface area contributed by atoms with Gasteiger partial charge in [0.2, 0.25) is 0 Å². The van der Waals surface area contributed by atoms with Crippen LogP contribution in [0.3, 0.4) is 0 Å². The fourth-order valence-electron chi connectivity index (χ4n) is 2.87. The highest BCUT2D eigenvalue weighted by Gasteiger charge is 2.23. The summed E-state index contributed by atoms with van der Waals surface area (Å²) in [5, 5.41) is 11.7. The average Bonchev–Trinajstić information content (AvgIpc) is 2.67. The molecule has 2 aromatic heterocycles. The van der Waals surface area contributed by atoms with Gasteiger partial charge in [-0.3, -0.25) is 4.98 Å². The lowest BCUT2D eigenvalue weighted by molar-refractivity contribution is -0.389. The fourth-order valence-corrected chi connectivity index (χ4v) is 3.06. The van der Waals surface area contributed by atoms with Crippen molar-refractivity contribution in [3.8, 4) is 17.0 Å². The van der Waals surface area contributed by atoms with Crippen LogP contribution in [0.1, 0.15) is 0 Å². The molecule has 1 aliphatic rings. The Hall–Kier alpha value is -3.19. The lowest BCUT2D eigenvalue weighted by atomic mass is 10.1. The lowest BCUT2D eigenvalue weighted by Crippen LogP contribution is -2.28. The Labute approximate surface area is 154 Å². The van der Waals surface area contributed by atoms with E-state index in [0.717, 1.165) is 16.9 Å². The number of nitro groups is 1. The van der Waals surface area contributed by atoms with Crippen LogP contribution in [0.5, 0.6) is 5.75 Å². The highest BCUT2D eigenvalue weighted by Crippen LogP contribution is 2.39. The van der Waals surface area contributed by atoms with Crippen molar-refractivity contribution in [2.75, 3.05) is 18.1 Å². The topological polar surface area (TPSA) is 81.4 Å². The van der Waals surface area contributed by atoms with Gasteiger partial charge < -0.3 is 19.8 Å². The van der Waals surface area contributed by atoms with E-state index in [9.17, 15) is 10.1 Å². The molecular formula is C18H13ClN4O3. The minimum absolute atomic E-state index is 0.195. The maximum atomic E-state index is 11.0. The van der Waals surface area contributed by atoms with Crippen LogP contribution in [-0.4, -0.2) is 28.0 Å². The van der Waals surface area contributed by atoms with Gasteiger partial charge in [0.05, 0.1) is 35.9 Å². The minimum atomic E-state index is -0.505. The van der Waals surface area contributed by atoms with Gasteiger partial charge in [0.1, 0.15) is 12.8 Å². The molecule has 7 nitrogen and oxygen atoms in total. The molecule has 1 aliphatic heterocycles. The molecule has 26 heavy (non-hydrogen) atoms. The molecule has 1 aromatic carbocycles. The van der Waals surface area contributed by atoms with Gasteiger partial charge in [-0.2, -0.15) is 0 Å². The minimum Gasteiger partial charge on any atom is -0.488 e. The van der Waals surface area contributed by atoms with Crippen molar-refractivity contribution in [3.05, 3.63) is 70.0 Å². The molecule has 0 amide bonds. The largest absolute Gasteiger partial charge is 0.488 e. The molecule has 0 fully saturated rings. The molecule has 130 valence electrons. The molecule has 4 rings (SSSR count). The first kappa shape index (κ1) is 16.3. The van der Waals surface area contributed by atoms with Gasteiger partial charge in [-0.1, -0.05) is 23.7 Å². The zero-order valence-electron chi connectivity index (χ0n) is 13.5. The van der Waals surface area contributed by atoms with Crippen LogP contribution in [0.2, 0.25) is 5.02 Å². The maximum absolute atomic E-state index is 11.0. The Kier molecular flexibility index (Phi) is 4.14. The van der Waals surface area contributed by atoms with Crippen molar-refractivity contribution in [3.63, 3.8) is 0 Å². The summed E-state index contributed by atoms with van der Waals surface area (Å²) in [6.07, 6.45) is 3.09.